The third kappa shape index (κ3) is 3.12. The van der Waals surface area contributed by atoms with Gasteiger partial charge in [0.2, 0.25) is 0 Å². The molecular formula is C20H23ClN4. The molecule has 2 aromatic carbocycles. The number of hydrogen-bond donors (Lipinski definition) is 1. The second-order valence-corrected chi connectivity index (χ2v) is 7.39. The average Bonchev–Trinajstić information content (AvgIpc) is 2.92. The molecule has 1 atom stereocenters. The Balaban J connectivity index is 1.60. The highest BCUT2D eigenvalue weighted by molar-refractivity contribution is 6.34. The first-order valence-corrected chi connectivity index (χ1v) is 9.17. The van der Waals surface area contributed by atoms with Gasteiger partial charge in [0.15, 0.2) is 5.96 Å². The minimum atomic E-state index is -0.0951. The highest BCUT2D eigenvalue weighted by atomic mass is 35.5. The molecule has 25 heavy (non-hydrogen) atoms. The van der Waals surface area contributed by atoms with E-state index in [0.29, 0.717) is 5.96 Å². The standard InChI is InChI=1S/C20H23ClN4/c21-17-9-4-5-10-18(17)25-19(22)23-14-20(25)11-6-12-24(15-20)13-16-7-2-1-3-8-16/h1-5,7-10H,6,11-15H2,(H2,22,23). The van der Waals surface area contributed by atoms with E-state index < -0.39 is 0 Å². The van der Waals surface area contributed by atoms with Crippen LogP contribution in [0.2, 0.25) is 5.02 Å². The lowest BCUT2D eigenvalue weighted by molar-refractivity contribution is 0.153. The number of anilines is 1. The van der Waals surface area contributed by atoms with Gasteiger partial charge in [0, 0.05) is 13.1 Å². The van der Waals surface area contributed by atoms with Crippen molar-refractivity contribution < 1.29 is 0 Å². The van der Waals surface area contributed by atoms with E-state index in [9.17, 15) is 0 Å². The summed E-state index contributed by atoms with van der Waals surface area (Å²) in [7, 11) is 0. The predicted molar refractivity (Wildman–Crippen MR) is 104 cm³/mol. The monoisotopic (exact) mass is 354 g/mol. The molecule has 4 nitrogen and oxygen atoms in total. The van der Waals surface area contributed by atoms with E-state index in [-0.39, 0.29) is 5.54 Å². The van der Waals surface area contributed by atoms with Gasteiger partial charge in [0.05, 0.1) is 22.8 Å². The minimum Gasteiger partial charge on any atom is -0.369 e. The Morgan fingerprint density at radius 1 is 1.08 bits per heavy atom. The van der Waals surface area contributed by atoms with Gasteiger partial charge in [-0.05, 0) is 37.1 Å². The van der Waals surface area contributed by atoms with Crippen LogP contribution in [0.3, 0.4) is 0 Å². The van der Waals surface area contributed by atoms with Crippen molar-refractivity contribution >= 4 is 23.2 Å². The fourth-order valence-electron chi connectivity index (χ4n) is 4.12. The van der Waals surface area contributed by atoms with Gasteiger partial charge in [-0.1, -0.05) is 54.1 Å². The lowest BCUT2D eigenvalue weighted by Crippen LogP contribution is -2.60. The number of nitrogens with two attached hydrogens (primary N) is 1. The van der Waals surface area contributed by atoms with Crippen LogP contribution < -0.4 is 10.6 Å². The molecule has 0 saturated carbocycles. The number of nitrogens with zero attached hydrogens (tertiary/aromatic N) is 3. The molecule has 0 amide bonds. The first-order chi connectivity index (χ1) is 12.2. The van der Waals surface area contributed by atoms with Crippen LogP contribution in [0.4, 0.5) is 5.69 Å². The minimum absolute atomic E-state index is 0.0951. The predicted octanol–water partition coefficient (Wildman–Crippen LogP) is 3.51. The third-order valence-electron chi connectivity index (χ3n) is 5.22. The summed E-state index contributed by atoms with van der Waals surface area (Å²) in [5.41, 5.74) is 8.49. The van der Waals surface area contributed by atoms with Crippen LogP contribution >= 0.6 is 11.6 Å². The first-order valence-electron chi connectivity index (χ1n) is 8.79. The van der Waals surface area contributed by atoms with Crippen LogP contribution in [0, 0.1) is 0 Å². The van der Waals surface area contributed by atoms with Gasteiger partial charge in [-0.2, -0.15) is 0 Å². The zero-order chi connectivity index (χ0) is 17.3. The van der Waals surface area contributed by atoms with Crippen LogP contribution in [-0.4, -0.2) is 36.0 Å². The topological polar surface area (TPSA) is 44.9 Å². The maximum Gasteiger partial charge on any atom is 0.196 e. The molecule has 1 unspecified atom stereocenters. The molecular weight excluding hydrogens is 332 g/mol. The number of rotatable bonds is 3. The molecule has 1 spiro atoms. The number of halogens is 1. The summed E-state index contributed by atoms with van der Waals surface area (Å²) in [6.07, 6.45) is 2.21. The van der Waals surface area contributed by atoms with E-state index in [1.807, 2.05) is 24.3 Å². The Morgan fingerprint density at radius 2 is 1.84 bits per heavy atom. The van der Waals surface area contributed by atoms with Crippen LogP contribution in [0.1, 0.15) is 18.4 Å². The Morgan fingerprint density at radius 3 is 2.64 bits per heavy atom. The molecule has 1 saturated heterocycles. The normalized spacial score (nSPS) is 23.9. The number of aliphatic imine (C=N–C) groups is 1. The highest BCUT2D eigenvalue weighted by Gasteiger charge is 2.46. The second-order valence-electron chi connectivity index (χ2n) is 6.99. The van der Waals surface area contributed by atoms with Gasteiger partial charge >= 0.3 is 0 Å². The zero-order valence-electron chi connectivity index (χ0n) is 14.2. The van der Waals surface area contributed by atoms with Crippen LogP contribution in [0.15, 0.2) is 59.6 Å². The van der Waals surface area contributed by atoms with Gasteiger partial charge in [0.1, 0.15) is 0 Å². The van der Waals surface area contributed by atoms with Crippen molar-refractivity contribution in [3.05, 3.63) is 65.2 Å². The molecule has 0 radical (unpaired) electrons. The van der Waals surface area contributed by atoms with E-state index in [1.54, 1.807) is 0 Å². The van der Waals surface area contributed by atoms with Crippen molar-refractivity contribution in [2.75, 3.05) is 24.5 Å². The number of para-hydroxylation sites is 1. The number of piperidine rings is 1. The maximum atomic E-state index is 6.47. The SMILES string of the molecule is NC1=NCC2(CCCN(Cc3ccccc3)C2)N1c1ccccc1Cl. The van der Waals surface area contributed by atoms with Gasteiger partial charge < -0.3 is 10.6 Å². The molecule has 0 aliphatic carbocycles. The summed E-state index contributed by atoms with van der Waals surface area (Å²) in [5.74, 6) is 0.578. The second kappa shape index (κ2) is 6.70. The van der Waals surface area contributed by atoms with Gasteiger partial charge in [-0.25, -0.2) is 0 Å². The van der Waals surface area contributed by atoms with Crippen LogP contribution in [-0.2, 0) is 6.54 Å². The molecule has 0 aromatic heterocycles. The fourth-order valence-corrected chi connectivity index (χ4v) is 4.34. The lowest BCUT2D eigenvalue weighted by atomic mass is 9.87. The smallest absolute Gasteiger partial charge is 0.196 e. The van der Waals surface area contributed by atoms with Crippen molar-refractivity contribution in [1.82, 2.24) is 4.90 Å². The largest absolute Gasteiger partial charge is 0.369 e. The number of guanidine groups is 1. The Bertz CT molecular complexity index is 776. The van der Waals surface area contributed by atoms with Gasteiger partial charge in [-0.3, -0.25) is 9.89 Å². The summed E-state index contributed by atoms with van der Waals surface area (Å²) in [6.45, 7) is 3.73. The van der Waals surface area contributed by atoms with Crippen molar-refractivity contribution in [1.29, 1.82) is 0 Å². The summed E-state index contributed by atoms with van der Waals surface area (Å²) < 4.78 is 0. The average molecular weight is 355 g/mol. The maximum absolute atomic E-state index is 6.47. The lowest BCUT2D eigenvalue weighted by Gasteiger charge is -2.46. The Hall–Kier alpha value is -2.04. The number of benzene rings is 2. The summed E-state index contributed by atoms with van der Waals surface area (Å²) in [5, 5.41) is 0.724. The molecule has 1 fully saturated rings. The van der Waals surface area contributed by atoms with Crippen LogP contribution in [0.25, 0.3) is 0 Å². The zero-order valence-corrected chi connectivity index (χ0v) is 15.0. The molecule has 5 heteroatoms. The van der Waals surface area contributed by atoms with Crippen molar-refractivity contribution in [2.24, 2.45) is 10.7 Å². The molecule has 2 heterocycles. The van der Waals surface area contributed by atoms with E-state index in [1.165, 1.54) is 5.56 Å². The van der Waals surface area contributed by atoms with Crippen LogP contribution in [0.5, 0.6) is 0 Å². The summed E-state index contributed by atoms with van der Waals surface area (Å²) >= 11 is 6.47. The Labute approximate surface area is 153 Å². The van der Waals surface area contributed by atoms with E-state index in [0.717, 1.165) is 49.7 Å². The molecule has 4 rings (SSSR count). The van der Waals surface area contributed by atoms with E-state index in [4.69, 9.17) is 17.3 Å². The molecule has 2 N–H and O–H groups in total. The third-order valence-corrected chi connectivity index (χ3v) is 5.54. The quantitative estimate of drug-likeness (QED) is 0.917. The molecule has 2 aliphatic rings. The highest BCUT2D eigenvalue weighted by Crippen LogP contribution is 2.39. The van der Waals surface area contributed by atoms with Crippen molar-refractivity contribution in [2.45, 2.75) is 24.9 Å². The van der Waals surface area contributed by atoms with Gasteiger partial charge in [-0.15, -0.1) is 0 Å². The fraction of sp³-hybridized carbons (Fsp3) is 0.350. The summed E-state index contributed by atoms with van der Waals surface area (Å²) in [4.78, 5) is 9.27. The number of likely N-dealkylation sites (tertiary alicyclic amines) is 1. The Kier molecular flexibility index (Phi) is 4.40. The van der Waals surface area contributed by atoms with Gasteiger partial charge in [0.25, 0.3) is 0 Å². The number of hydrogen-bond acceptors (Lipinski definition) is 4. The van der Waals surface area contributed by atoms with Crippen molar-refractivity contribution in [3.63, 3.8) is 0 Å². The van der Waals surface area contributed by atoms with E-state index >= 15 is 0 Å². The first kappa shape index (κ1) is 16.4. The summed E-state index contributed by atoms with van der Waals surface area (Å²) in [6, 6.07) is 18.5. The molecule has 2 aromatic rings. The van der Waals surface area contributed by atoms with Crippen molar-refractivity contribution in [3.8, 4) is 0 Å². The molecule has 0 bridgehead atoms. The van der Waals surface area contributed by atoms with E-state index in [2.05, 4.69) is 45.1 Å². The molecule has 2 aliphatic heterocycles. The molecule has 130 valence electrons.